The number of aliphatic carboxylic acids is 1. The van der Waals surface area contributed by atoms with E-state index in [-0.39, 0.29) is 24.5 Å². The molecule has 1 saturated heterocycles. The molecule has 2 unspecified atom stereocenters. The van der Waals surface area contributed by atoms with Crippen molar-refractivity contribution in [3.8, 4) is 0 Å². The third-order valence-electron chi connectivity index (χ3n) is 3.82. The van der Waals surface area contributed by atoms with Crippen molar-refractivity contribution in [2.45, 2.75) is 46.6 Å². The Morgan fingerprint density at radius 1 is 1.15 bits per heavy atom. The van der Waals surface area contributed by atoms with Gasteiger partial charge >= 0.3 is 5.97 Å². The molecule has 2 atom stereocenters. The number of hydrogen-bond donors (Lipinski definition) is 1. The highest BCUT2D eigenvalue weighted by Crippen LogP contribution is 2.22. The monoisotopic (exact) mass is 284 g/mol. The van der Waals surface area contributed by atoms with E-state index >= 15 is 0 Å². The topological polar surface area (TPSA) is 60.9 Å². The van der Waals surface area contributed by atoms with Crippen LogP contribution in [0.15, 0.2) is 0 Å². The van der Waals surface area contributed by atoms with Gasteiger partial charge in [-0.2, -0.15) is 0 Å². The standard InChI is InChI=1S/C15H28N2O3/c1-11-6-12(2)8-16(7-11)13(18)9-17(10-14(19)20)15(3,4)5/h11-12H,6-10H2,1-5H3,(H,19,20). The highest BCUT2D eigenvalue weighted by atomic mass is 16.4. The highest BCUT2D eigenvalue weighted by Gasteiger charge is 2.30. The van der Waals surface area contributed by atoms with Crippen molar-refractivity contribution in [2.75, 3.05) is 26.2 Å². The number of carbonyl (C=O) groups excluding carboxylic acids is 1. The van der Waals surface area contributed by atoms with Gasteiger partial charge in [0.1, 0.15) is 0 Å². The summed E-state index contributed by atoms with van der Waals surface area (Å²) in [5.41, 5.74) is -0.332. The molecule has 0 spiro atoms. The van der Waals surface area contributed by atoms with Gasteiger partial charge in [-0.05, 0) is 39.0 Å². The minimum Gasteiger partial charge on any atom is -0.480 e. The maximum absolute atomic E-state index is 12.4. The van der Waals surface area contributed by atoms with E-state index in [1.54, 1.807) is 4.90 Å². The van der Waals surface area contributed by atoms with Crippen molar-refractivity contribution in [3.63, 3.8) is 0 Å². The van der Waals surface area contributed by atoms with Crippen molar-refractivity contribution >= 4 is 11.9 Å². The zero-order valence-corrected chi connectivity index (χ0v) is 13.3. The molecule has 1 N–H and O–H groups in total. The van der Waals surface area contributed by atoms with Crippen LogP contribution in [0.5, 0.6) is 0 Å². The first-order chi connectivity index (χ1) is 9.09. The summed E-state index contributed by atoms with van der Waals surface area (Å²) in [5.74, 6) is 0.184. The Morgan fingerprint density at radius 2 is 1.65 bits per heavy atom. The summed E-state index contributed by atoms with van der Waals surface area (Å²) in [7, 11) is 0. The molecule has 1 rings (SSSR count). The van der Waals surface area contributed by atoms with Crippen LogP contribution >= 0.6 is 0 Å². The quantitative estimate of drug-likeness (QED) is 0.853. The van der Waals surface area contributed by atoms with E-state index < -0.39 is 5.97 Å². The van der Waals surface area contributed by atoms with Crippen molar-refractivity contribution in [2.24, 2.45) is 11.8 Å². The molecule has 0 aromatic heterocycles. The van der Waals surface area contributed by atoms with Crippen LogP contribution in [0.3, 0.4) is 0 Å². The van der Waals surface area contributed by atoms with Crippen LogP contribution in [0.4, 0.5) is 0 Å². The summed E-state index contributed by atoms with van der Waals surface area (Å²) in [6.07, 6.45) is 1.15. The summed E-state index contributed by atoms with van der Waals surface area (Å²) in [6, 6.07) is 0. The second kappa shape index (κ2) is 6.57. The van der Waals surface area contributed by atoms with Crippen molar-refractivity contribution in [1.82, 2.24) is 9.80 Å². The van der Waals surface area contributed by atoms with Gasteiger partial charge in [-0.1, -0.05) is 13.8 Å². The number of amides is 1. The van der Waals surface area contributed by atoms with Gasteiger partial charge in [-0.25, -0.2) is 0 Å². The summed E-state index contributed by atoms with van der Waals surface area (Å²) in [4.78, 5) is 27.0. The SMILES string of the molecule is CC1CC(C)CN(C(=O)CN(CC(=O)O)C(C)(C)C)C1. The lowest BCUT2D eigenvalue weighted by Gasteiger charge is -2.39. The van der Waals surface area contributed by atoms with Crippen molar-refractivity contribution in [3.05, 3.63) is 0 Å². The largest absolute Gasteiger partial charge is 0.480 e. The highest BCUT2D eigenvalue weighted by molar-refractivity contribution is 5.79. The molecule has 5 heteroatoms. The zero-order valence-electron chi connectivity index (χ0n) is 13.3. The van der Waals surface area contributed by atoms with Gasteiger partial charge in [0.2, 0.25) is 5.91 Å². The van der Waals surface area contributed by atoms with Gasteiger partial charge in [0.05, 0.1) is 13.1 Å². The van der Waals surface area contributed by atoms with Crippen LogP contribution in [0.2, 0.25) is 0 Å². The fraction of sp³-hybridized carbons (Fsp3) is 0.867. The lowest BCUT2D eigenvalue weighted by atomic mass is 9.92. The van der Waals surface area contributed by atoms with Gasteiger partial charge in [0.15, 0.2) is 0 Å². The molecule has 0 aromatic carbocycles. The molecule has 0 radical (unpaired) electrons. The minimum atomic E-state index is -0.895. The Morgan fingerprint density at radius 3 is 2.05 bits per heavy atom. The van der Waals surface area contributed by atoms with E-state index in [1.807, 2.05) is 25.7 Å². The predicted octanol–water partition coefficient (Wildman–Crippen LogP) is 1.68. The molecule has 0 saturated carbocycles. The van der Waals surface area contributed by atoms with E-state index in [4.69, 9.17) is 5.11 Å². The third-order valence-corrected chi connectivity index (χ3v) is 3.82. The van der Waals surface area contributed by atoms with Crippen molar-refractivity contribution in [1.29, 1.82) is 0 Å². The number of hydrogen-bond acceptors (Lipinski definition) is 3. The average molecular weight is 284 g/mol. The molecular formula is C15H28N2O3. The van der Waals surface area contributed by atoms with E-state index in [9.17, 15) is 9.59 Å². The summed E-state index contributed by atoms with van der Waals surface area (Å²) >= 11 is 0. The van der Waals surface area contributed by atoms with E-state index in [0.717, 1.165) is 19.5 Å². The summed E-state index contributed by atoms with van der Waals surface area (Å²) < 4.78 is 0. The molecule has 20 heavy (non-hydrogen) atoms. The number of likely N-dealkylation sites (tertiary alicyclic amines) is 1. The molecule has 0 bridgehead atoms. The van der Waals surface area contributed by atoms with Crippen LogP contribution in [-0.2, 0) is 9.59 Å². The first-order valence-electron chi connectivity index (χ1n) is 7.34. The molecule has 1 heterocycles. The van der Waals surface area contributed by atoms with Crippen LogP contribution in [0, 0.1) is 11.8 Å². The maximum Gasteiger partial charge on any atom is 0.317 e. The fourth-order valence-electron chi connectivity index (χ4n) is 2.82. The second-order valence-corrected chi connectivity index (χ2v) is 7.17. The van der Waals surface area contributed by atoms with Crippen LogP contribution in [0.1, 0.15) is 41.0 Å². The van der Waals surface area contributed by atoms with E-state index in [0.29, 0.717) is 11.8 Å². The Bertz CT molecular complexity index is 353. The Kier molecular flexibility index (Phi) is 5.57. The lowest BCUT2D eigenvalue weighted by molar-refractivity contribution is -0.142. The number of carboxylic acid groups (broad SMARTS) is 1. The molecule has 0 aliphatic carbocycles. The normalized spacial score (nSPS) is 24.0. The molecule has 5 nitrogen and oxygen atoms in total. The van der Waals surface area contributed by atoms with E-state index in [2.05, 4.69) is 13.8 Å². The maximum atomic E-state index is 12.4. The van der Waals surface area contributed by atoms with Gasteiger partial charge in [-0.3, -0.25) is 14.5 Å². The van der Waals surface area contributed by atoms with Crippen LogP contribution < -0.4 is 0 Å². The molecule has 1 fully saturated rings. The van der Waals surface area contributed by atoms with Gasteiger partial charge < -0.3 is 10.0 Å². The fourth-order valence-corrected chi connectivity index (χ4v) is 2.82. The molecule has 1 aliphatic rings. The number of rotatable bonds is 4. The smallest absolute Gasteiger partial charge is 0.317 e. The molecule has 116 valence electrons. The number of carbonyl (C=O) groups is 2. The zero-order chi connectivity index (χ0) is 15.5. The first-order valence-corrected chi connectivity index (χ1v) is 7.34. The average Bonchev–Trinajstić information content (AvgIpc) is 2.24. The minimum absolute atomic E-state index is 0.0413. The van der Waals surface area contributed by atoms with Gasteiger partial charge in [0.25, 0.3) is 0 Å². The van der Waals surface area contributed by atoms with Gasteiger partial charge in [0, 0.05) is 18.6 Å². The molecular weight excluding hydrogens is 256 g/mol. The van der Waals surface area contributed by atoms with E-state index in [1.165, 1.54) is 0 Å². The lowest BCUT2D eigenvalue weighted by Crippen LogP contribution is -2.52. The Hall–Kier alpha value is -1.10. The van der Waals surface area contributed by atoms with Crippen molar-refractivity contribution < 1.29 is 14.7 Å². The molecule has 1 aliphatic heterocycles. The summed E-state index contributed by atoms with van der Waals surface area (Å²) in [5, 5.41) is 8.99. The first kappa shape index (κ1) is 17.0. The Balaban J connectivity index is 2.68. The van der Waals surface area contributed by atoms with Gasteiger partial charge in [-0.15, -0.1) is 0 Å². The van der Waals surface area contributed by atoms with Crippen LogP contribution in [0.25, 0.3) is 0 Å². The predicted molar refractivity (Wildman–Crippen MR) is 78.5 cm³/mol. The number of carboxylic acids is 1. The Labute approximate surface area is 121 Å². The molecule has 1 amide bonds. The third kappa shape index (κ3) is 5.12. The number of nitrogens with zero attached hydrogens (tertiary/aromatic N) is 2. The molecule has 0 aromatic rings. The second-order valence-electron chi connectivity index (χ2n) is 7.17. The van der Waals surface area contributed by atoms with Crippen LogP contribution in [-0.4, -0.2) is 58.5 Å². The summed E-state index contributed by atoms with van der Waals surface area (Å²) in [6.45, 7) is 11.8. The number of piperidine rings is 1.